The predicted molar refractivity (Wildman–Crippen MR) is 101 cm³/mol. The maximum atomic E-state index is 12.1. The van der Waals surface area contributed by atoms with Crippen LogP contribution in [0.1, 0.15) is 45.1 Å². The highest BCUT2D eigenvalue weighted by atomic mass is 16.2. The van der Waals surface area contributed by atoms with Crippen LogP contribution in [0.25, 0.3) is 0 Å². The smallest absolute Gasteiger partial charge is 0.315 e. The van der Waals surface area contributed by atoms with Crippen LogP contribution < -0.4 is 15.5 Å². The second-order valence-electron chi connectivity index (χ2n) is 7.07. The van der Waals surface area contributed by atoms with E-state index in [1.54, 1.807) is 0 Å². The molecule has 1 aliphatic heterocycles. The standard InChI is InChI=1S/C19H31N5O/c1-3-23(4-2)18-8-5-15(13-20-18)14-21-19(25)22-16-9-11-24(12-10-16)17-6-7-17/h5,8,13,16-17H,3-4,6-7,9-12,14H2,1-2H3,(H2,21,22,25). The lowest BCUT2D eigenvalue weighted by atomic mass is 10.1. The van der Waals surface area contributed by atoms with Gasteiger partial charge in [0.2, 0.25) is 0 Å². The van der Waals surface area contributed by atoms with E-state index >= 15 is 0 Å². The van der Waals surface area contributed by atoms with Gasteiger partial charge in [0, 0.05) is 51.0 Å². The van der Waals surface area contributed by atoms with Crippen LogP contribution in [0.15, 0.2) is 18.3 Å². The number of likely N-dealkylation sites (tertiary alicyclic amines) is 1. The molecular formula is C19H31N5O. The SMILES string of the molecule is CCN(CC)c1ccc(CNC(=O)NC2CCN(C3CC3)CC2)cn1. The number of hydrogen-bond acceptors (Lipinski definition) is 4. The molecule has 1 aromatic rings. The zero-order valence-electron chi connectivity index (χ0n) is 15.5. The van der Waals surface area contributed by atoms with E-state index in [1.165, 1.54) is 12.8 Å². The molecule has 1 saturated heterocycles. The number of urea groups is 1. The van der Waals surface area contributed by atoms with E-state index in [2.05, 4.69) is 39.3 Å². The van der Waals surface area contributed by atoms with Crippen LogP contribution in [0.4, 0.5) is 10.6 Å². The Kier molecular flexibility index (Phi) is 6.13. The normalized spacial score (nSPS) is 18.8. The van der Waals surface area contributed by atoms with E-state index in [4.69, 9.17) is 0 Å². The molecule has 138 valence electrons. The third-order valence-electron chi connectivity index (χ3n) is 5.28. The molecule has 1 aliphatic carbocycles. The van der Waals surface area contributed by atoms with Crippen molar-refractivity contribution in [3.05, 3.63) is 23.9 Å². The van der Waals surface area contributed by atoms with Crippen LogP contribution in [0.5, 0.6) is 0 Å². The maximum absolute atomic E-state index is 12.1. The van der Waals surface area contributed by atoms with E-state index in [-0.39, 0.29) is 6.03 Å². The van der Waals surface area contributed by atoms with Gasteiger partial charge in [-0.25, -0.2) is 9.78 Å². The lowest BCUT2D eigenvalue weighted by molar-refractivity contribution is 0.186. The van der Waals surface area contributed by atoms with Crippen molar-refractivity contribution in [1.82, 2.24) is 20.5 Å². The molecule has 3 rings (SSSR count). The van der Waals surface area contributed by atoms with Gasteiger partial charge in [-0.15, -0.1) is 0 Å². The number of hydrogen-bond donors (Lipinski definition) is 2. The third kappa shape index (κ3) is 5.08. The van der Waals surface area contributed by atoms with Gasteiger partial charge in [0.15, 0.2) is 0 Å². The van der Waals surface area contributed by atoms with Crippen molar-refractivity contribution in [3.8, 4) is 0 Å². The van der Waals surface area contributed by atoms with Gasteiger partial charge in [-0.3, -0.25) is 0 Å². The Morgan fingerprint density at radius 3 is 2.48 bits per heavy atom. The van der Waals surface area contributed by atoms with Gasteiger partial charge in [0.25, 0.3) is 0 Å². The molecule has 6 nitrogen and oxygen atoms in total. The fourth-order valence-corrected chi connectivity index (χ4v) is 3.52. The number of anilines is 1. The van der Waals surface area contributed by atoms with Crippen molar-refractivity contribution < 1.29 is 4.79 Å². The van der Waals surface area contributed by atoms with Gasteiger partial charge in [-0.05, 0) is 51.2 Å². The van der Waals surface area contributed by atoms with Gasteiger partial charge in [0.05, 0.1) is 0 Å². The number of piperidine rings is 1. The lowest BCUT2D eigenvalue weighted by Gasteiger charge is -2.32. The zero-order valence-corrected chi connectivity index (χ0v) is 15.5. The molecule has 2 aliphatic rings. The summed E-state index contributed by atoms with van der Waals surface area (Å²) in [7, 11) is 0. The summed E-state index contributed by atoms with van der Waals surface area (Å²) in [5.41, 5.74) is 1.02. The van der Waals surface area contributed by atoms with Crippen molar-refractivity contribution in [1.29, 1.82) is 0 Å². The Morgan fingerprint density at radius 1 is 1.20 bits per heavy atom. The molecule has 2 N–H and O–H groups in total. The summed E-state index contributed by atoms with van der Waals surface area (Å²) < 4.78 is 0. The number of pyridine rings is 1. The Balaban J connectivity index is 1.38. The summed E-state index contributed by atoms with van der Waals surface area (Å²) in [5, 5.41) is 6.06. The van der Waals surface area contributed by atoms with E-state index in [0.717, 1.165) is 56.4 Å². The first-order valence-corrected chi connectivity index (χ1v) is 9.67. The highest BCUT2D eigenvalue weighted by Gasteiger charge is 2.32. The van der Waals surface area contributed by atoms with Crippen molar-refractivity contribution in [2.45, 2.75) is 58.2 Å². The second-order valence-corrected chi connectivity index (χ2v) is 7.07. The molecule has 25 heavy (non-hydrogen) atoms. The molecular weight excluding hydrogens is 314 g/mol. The molecule has 6 heteroatoms. The van der Waals surface area contributed by atoms with Gasteiger partial charge in [-0.2, -0.15) is 0 Å². The molecule has 0 aromatic carbocycles. The molecule has 2 heterocycles. The minimum absolute atomic E-state index is 0.0716. The van der Waals surface area contributed by atoms with Crippen LogP contribution in [0, 0.1) is 0 Å². The van der Waals surface area contributed by atoms with Crippen molar-refractivity contribution in [2.24, 2.45) is 0 Å². The summed E-state index contributed by atoms with van der Waals surface area (Å²) in [5.74, 6) is 0.987. The van der Waals surface area contributed by atoms with Gasteiger partial charge in [0.1, 0.15) is 5.82 Å². The first-order chi connectivity index (χ1) is 12.2. The fraction of sp³-hybridized carbons (Fsp3) is 0.684. The van der Waals surface area contributed by atoms with Crippen molar-refractivity contribution >= 4 is 11.8 Å². The number of carbonyl (C=O) groups excluding carboxylic acids is 1. The van der Waals surface area contributed by atoms with Crippen LogP contribution in [-0.4, -0.2) is 54.2 Å². The quantitative estimate of drug-likeness (QED) is 0.796. The Bertz CT molecular complexity index is 545. The van der Waals surface area contributed by atoms with Crippen LogP contribution in [0.2, 0.25) is 0 Å². The van der Waals surface area contributed by atoms with Gasteiger partial charge < -0.3 is 20.4 Å². The number of rotatable bonds is 7. The highest BCUT2D eigenvalue weighted by Crippen LogP contribution is 2.29. The largest absolute Gasteiger partial charge is 0.357 e. The number of nitrogens with one attached hydrogen (secondary N) is 2. The maximum Gasteiger partial charge on any atom is 0.315 e. The Hall–Kier alpha value is -1.82. The topological polar surface area (TPSA) is 60.5 Å². The minimum Gasteiger partial charge on any atom is -0.357 e. The molecule has 0 radical (unpaired) electrons. The molecule has 1 saturated carbocycles. The summed E-state index contributed by atoms with van der Waals surface area (Å²) in [6.45, 7) is 8.89. The number of amides is 2. The predicted octanol–water partition coefficient (Wildman–Crippen LogP) is 2.35. The second kappa shape index (κ2) is 8.52. The Labute approximate surface area is 151 Å². The first kappa shape index (κ1) is 18.0. The molecule has 0 atom stereocenters. The molecule has 2 fully saturated rings. The summed E-state index contributed by atoms with van der Waals surface area (Å²) in [6.07, 6.45) is 6.69. The highest BCUT2D eigenvalue weighted by molar-refractivity contribution is 5.74. The van der Waals surface area contributed by atoms with Gasteiger partial charge in [-0.1, -0.05) is 6.07 Å². The third-order valence-corrected chi connectivity index (χ3v) is 5.28. The molecule has 1 aromatic heterocycles. The molecule has 2 amide bonds. The molecule has 0 bridgehead atoms. The number of nitrogens with zero attached hydrogens (tertiary/aromatic N) is 3. The molecule has 0 unspecified atom stereocenters. The minimum atomic E-state index is -0.0716. The van der Waals surface area contributed by atoms with E-state index in [9.17, 15) is 4.79 Å². The first-order valence-electron chi connectivity index (χ1n) is 9.67. The lowest BCUT2D eigenvalue weighted by Crippen LogP contribution is -2.48. The average molecular weight is 345 g/mol. The number of aromatic nitrogens is 1. The number of carbonyl (C=O) groups is 1. The van der Waals surface area contributed by atoms with Gasteiger partial charge >= 0.3 is 6.03 Å². The van der Waals surface area contributed by atoms with Crippen LogP contribution in [0.3, 0.4) is 0 Å². The van der Waals surface area contributed by atoms with E-state index < -0.39 is 0 Å². The molecule has 0 spiro atoms. The Morgan fingerprint density at radius 2 is 1.92 bits per heavy atom. The summed E-state index contributed by atoms with van der Waals surface area (Å²) >= 11 is 0. The fourth-order valence-electron chi connectivity index (χ4n) is 3.52. The van der Waals surface area contributed by atoms with E-state index in [1.807, 2.05) is 18.3 Å². The van der Waals surface area contributed by atoms with E-state index in [0.29, 0.717) is 12.6 Å². The average Bonchev–Trinajstić information content (AvgIpc) is 3.48. The van der Waals surface area contributed by atoms with Crippen LogP contribution in [-0.2, 0) is 6.54 Å². The monoisotopic (exact) mass is 345 g/mol. The van der Waals surface area contributed by atoms with Crippen molar-refractivity contribution in [2.75, 3.05) is 31.1 Å². The van der Waals surface area contributed by atoms with Crippen LogP contribution >= 0.6 is 0 Å². The summed E-state index contributed by atoms with van der Waals surface area (Å²) in [4.78, 5) is 21.4. The zero-order chi connectivity index (χ0) is 17.6. The van der Waals surface area contributed by atoms with Crippen molar-refractivity contribution in [3.63, 3.8) is 0 Å². The summed E-state index contributed by atoms with van der Waals surface area (Å²) in [6, 6.07) is 5.13.